The zero-order valence-corrected chi connectivity index (χ0v) is 21.6. The number of carbonyl (C=O) groups excluding carboxylic acids is 1. The lowest BCUT2D eigenvalue weighted by Gasteiger charge is -2.30. The Hall–Kier alpha value is -4.18. The molecular weight excluding hydrogens is 501 g/mol. The fourth-order valence-corrected chi connectivity index (χ4v) is 5.54. The van der Waals surface area contributed by atoms with Crippen molar-refractivity contribution < 1.29 is 9.18 Å². The van der Waals surface area contributed by atoms with Gasteiger partial charge in [0.25, 0.3) is 5.91 Å². The quantitative estimate of drug-likeness (QED) is 0.260. The summed E-state index contributed by atoms with van der Waals surface area (Å²) in [4.78, 5) is 33.8. The van der Waals surface area contributed by atoms with Gasteiger partial charge in [0.1, 0.15) is 23.0 Å². The van der Waals surface area contributed by atoms with Crippen LogP contribution in [0, 0.1) is 12.7 Å². The first-order chi connectivity index (χ1) is 18.5. The molecule has 5 aromatic rings. The number of rotatable bonds is 6. The van der Waals surface area contributed by atoms with E-state index < -0.39 is 5.82 Å². The number of anilines is 1. The average molecular weight is 528 g/mol. The molecule has 0 saturated heterocycles. The Morgan fingerprint density at radius 2 is 1.95 bits per heavy atom. The van der Waals surface area contributed by atoms with Crippen LogP contribution in [0.25, 0.3) is 33.7 Å². The number of hydrogen-bond acceptors (Lipinski definition) is 7. The minimum atomic E-state index is -0.418. The lowest BCUT2D eigenvalue weighted by Crippen LogP contribution is -2.42. The Kier molecular flexibility index (Phi) is 6.55. The highest BCUT2D eigenvalue weighted by Crippen LogP contribution is 2.30. The van der Waals surface area contributed by atoms with Crippen LogP contribution in [0.2, 0.25) is 0 Å². The van der Waals surface area contributed by atoms with E-state index in [-0.39, 0.29) is 18.0 Å². The molecule has 2 unspecified atom stereocenters. The highest BCUT2D eigenvalue weighted by Gasteiger charge is 2.25. The van der Waals surface area contributed by atoms with Crippen molar-refractivity contribution in [3.05, 3.63) is 76.8 Å². The van der Waals surface area contributed by atoms with Crippen molar-refractivity contribution in [3.8, 4) is 22.6 Å². The van der Waals surface area contributed by atoms with Crippen LogP contribution >= 0.6 is 11.3 Å². The summed E-state index contributed by atoms with van der Waals surface area (Å²) in [6.07, 6.45) is 6.59. The van der Waals surface area contributed by atoms with Gasteiger partial charge in [0.15, 0.2) is 5.82 Å². The van der Waals surface area contributed by atoms with Gasteiger partial charge in [-0.3, -0.25) is 4.79 Å². The second-order valence-corrected chi connectivity index (χ2v) is 10.6. The number of thiazole rings is 1. The van der Waals surface area contributed by atoms with Gasteiger partial charge in [0, 0.05) is 46.2 Å². The molecule has 38 heavy (non-hydrogen) atoms. The van der Waals surface area contributed by atoms with Crippen LogP contribution < -0.4 is 10.6 Å². The van der Waals surface area contributed by atoms with Crippen LogP contribution in [0.1, 0.15) is 41.2 Å². The number of amides is 1. The molecular formula is C28H26FN7OS. The summed E-state index contributed by atoms with van der Waals surface area (Å²) >= 11 is 1.47. The molecule has 0 radical (unpaired) electrons. The largest absolute Gasteiger partial charge is 0.367 e. The van der Waals surface area contributed by atoms with Gasteiger partial charge in [0.2, 0.25) is 0 Å². The molecule has 4 heterocycles. The highest BCUT2D eigenvalue weighted by molar-refractivity contribution is 7.09. The number of nitrogens with zero attached hydrogens (tertiary/aromatic N) is 4. The smallest absolute Gasteiger partial charge is 0.270 e. The minimum Gasteiger partial charge on any atom is -0.367 e. The van der Waals surface area contributed by atoms with E-state index >= 15 is 0 Å². The Morgan fingerprint density at radius 3 is 2.76 bits per heavy atom. The van der Waals surface area contributed by atoms with Crippen LogP contribution in [0.5, 0.6) is 0 Å². The Labute approximate surface area is 222 Å². The van der Waals surface area contributed by atoms with Gasteiger partial charge in [-0.25, -0.2) is 24.3 Å². The van der Waals surface area contributed by atoms with E-state index in [9.17, 15) is 9.18 Å². The molecule has 1 saturated carbocycles. The summed E-state index contributed by atoms with van der Waals surface area (Å²) in [5, 5.41) is 10.0. The second-order valence-electron chi connectivity index (χ2n) is 9.51. The first-order valence-corrected chi connectivity index (χ1v) is 13.5. The number of halogens is 1. The number of H-pyrrole nitrogens is 1. The number of aromatic amines is 1. The van der Waals surface area contributed by atoms with E-state index in [1.807, 2.05) is 43.3 Å². The first kappa shape index (κ1) is 24.2. The molecule has 4 aromatic heterocycles. The number of carbonyl (C=O) groups is 1. The van der Waals surface area contributed by atoms with E-state index in [0.717, 1.165) is 41.9 Å². The SMILES string of the molecule is Cc1nc(C(=O)NC2CCCC(Nc3cc(-c4ccccc4)nc(-c4c[nH]c5ncc(F)cc45)n3)C2)cs1. The van der Waals surface area contributed by atoms with Gasteiger partial charge < -0.3 is 15.6 Å². The molecule has 3 N–H and O–H groups in total. The van der Waals surface area contributed by atoms with Crippen LogP contribution in [-0.4, -0.2) is 42.9 Å². The Bertz CT molecular complexity index is 1600. The summed E-state index contributed by atoms with van der Waals surface area (Å²) in [5.74, 6) is 0.613. The van der Waals surface area contributed by atoms with Crippen molar-refractivity contribution in [2.24, 2.45) is 0 Å². The molecule has 1 amide bonds. The maximum Gasteiger partial charge on any atom is 0.270 e. The Morgan fingerprint density at radius 1 is 1.11 bits per heavy atom. The number of aryl methyl sites for hydroxylation is 1. The third-order valence-electron chi connectivity index (χ3n) is 6.75. The van der Waals surface area contributed by atoms with Crippen molar-refractivity contribution in [1.29, 1.82) is 0 Å². The molecule has 1 aromatic carbocycles. The highest BCUT2D eigenvalue weighted by atomic mass is 32.1. The maximum absolute atomic E-state index is 14.0. The minimum absolute atomic E-state index is 0.0494. The topological polar surface area (TPSA) is 108 Å². The standard InChI is InChI=1S/C28H26FN7OS/c1-16-32-24(15-38-16)28(37)34-20-9-5-8-19(11-20)33-25-12-23(17-6-3-2-4-7-17)35-27(36-25)22-14-31-26-21(22)10-18(29)13-30-26/h2-4,6-7,10,12-15,19-20H,5,8-9,11H2,1H3,(H,30,31)(H,34,37)(H,33,35,36). The van der Waals surface area contributed by atoms with Crippen molar-refractivity contribution in [2.75, 3.05) is 5.32 Å². The van der Waals surface area contributed by atoms with Crippen LogP contribution in [-0.2, 0) is 0 Å². The fourth-order valence-electron chi connectivity index (χ4n) is 4.95. The van der Waals surface area contributed by atoms with Crippen LogP contribution in [0.3, 0.4) is 0 Å². The normalized spacial score (nSPS) is 17.4. The van der Waals surface area contributed by atoms with Crippen molar-refractivity contribution in [2.45, 2.75) is 44.7 Å². The van der Waals surface area contributed by atoms with E-state index in [4.69, 9.17) is 9.97 Å². The summed E-state index contributed by atoms with van der Waals surface area (Å²) in [6, 6.07) is 13.4. The van der Waals surface area contributed by atoms with E-state index in [1.54, 1.807) is 11.6 Å². The predicted octanol–water partition coefficient (Wildman–Crippen LogP) is 5.74. The van der Waals surface area contributed by atoms with E-state index in [0.29, 0.717) is 33.9 Å². The van der Waals surface area contributed by atoms with Crippen LogP contribution in [0.15, 0.2) is 60.2 Å². The van der Waals surface area contributed by atoms with Gasteiger partial charge in [-0.05, 0) is 38.7 Å². The summed E-state index contributed by atoms with van der Waals surface area (Å²) in [6.45, 7) is 1.89. The molecule has 0 aliphatic heterocycles. The van der Waals surface area contributed by atoms with Gasteiger partial charge >= 0.3 is 0 Å². The lowest BCUT2D eigenvalue weighted by molar-refractivity contribution is 0.0922. The van der Waals surface area contributed by atoms with E-state index in [2.05, 4.69) is 25.6 Å². The molecule has 6 rings (SSSR count). The number of fused-ring (bicyclic) bond motifs is 1. The van der Waals surface area contributed by atoms with Crippen molar-refractivity contribution in [3.63, 3.8) is 0 Å². The fraction of sp³-hybridized carbons (Fsp3) is 0.250. The predicted molar refractivity (Wildman–Crippen MR) is 146 cm³/mol. The molecule has 1 aliphatic carbocycles. The maximum atomic E-state index is 14.0. The van der Waals surface area contributed by atoms with Gasteiger partial charge in [0.05, 0.1) is 16.9 Å². The number of nitrogens with one attached hydrogen (secondary N) is 3. The van der Waals surface area contributed by atoms with Crippen LogP contribution in [0.4, 0.5) is 10.2 Å². The van der Waals surface area contributed by atoms with Gasteiger partial charge in [-0.15, -0.1) is 11.3 Å². The third-order valence-corrected chi connectivity index (χ3v) is 7.52. The molecule has 1 fully saturated rings. The lowest BCUT2D eigenvalue weighted by atomic mass is 9.91. The number of benzene rings is 1. The number of hydrogen-bond donors (Lipinski definition) is 3. The number of aromatic nitrogens is 5. The molecule has 192 valence electrons. The summed E-state index contributed by atoms with van der Waals surface area (Å²) in [7, 11) is 0. The summed E-state index contributed by atoms with van der Waals surface area (Å²) in [5.41, 5.74) is 3.44. The zero-order chi connectivity index (χ0) is 26.1. The third kappa shape index (κ3) is 5.12. The monoisotopic (exact) mass is 527 g/mol. The number of pyridine rings is 1. The average Bonchev–Trinajstić information content (AvgIpc) is 3.55. The molecule has 10 heteroatoms. The molecule has 2 atom stereocenters. The van der Waals surface area contributed by atoms with E-state index in [1.165, 1.54) is 23.6 Å². The zero-order valence-electron chi connectivity index (χ0n) is 20.7. The molecule has 0 bridgehead atoms. The van der Waals surface area contributed by atoms with Gasteiger partial charge in [-0.1, -0.05) is 30.3 Å². The van der Waals surface area contributed by atoms with Crippen molar-refractivity contribution >= 4 is 34.1 Å². The second kappa shape index (κ2) is 10.3. The van der Waals surface area contributed by atoms with Crippen molar-refractivity contribution in [1.82, 2.24) is 30.2 Å². The van der Waals surface area contributed by atoms with Gasteiger partial charge in [-0.2, -0.15) is 0 Å². The first-order valence-electron chi connectivity index (χ1n) is 12.6. The summed E-state index contributed by atoms with van der Waals surface area (Å²) < 4.78 is 14.0. The molecule has 0 spiro atoms. The Balaban J connectivity index is 1.28. The molecule has 1 aliphatic rings. The molecule has 8 nitrogen and oxygen atoms in total.